The van der Waals surface area contributed by atoms with Gasteiger partial charge in [0, 0.05) is 11.1 Å². The van der Waals surface area contributed by atoms with Gasteiger partial charge in [0.1, 0.15) is 5.75 Å². The lowest BCUT2D eigenvalue weighted by atomic mass is 9.78. The van der Waals surface area contributed by atoms with Crippen molar-refractivity contribution in [3.05, 3.63) is 95.2 Å². The number of carbonyl (C=O) groups excluding carboxylic acids is 1. The smallest absolute Gasteiger partial charge is 0.338 e. The summed E-state index contributed by atoms with van der Waals surface area (Å²) in [5.41, 5.74) is 4.50. The van der Waals surface area contributed by atoms with Crippen LogP contribution in [0.15, 0.2) is 57.5 Å². The lowest BCUT2D eigenvalue weighted by Gasteiger charge is -2.27. The molecule has 206 valence electrons. The molecule has 1 aliphatic rings. The number of phenols is 1. The predicted molar refractivity (Wildman–Crippen MR) is 157 cm³/mol. The van der Waals surface area contributed by atoms with Gasteiger partial charge in [-0.25, -0.2) is 9.79 Å². The van der Waals surface area contributed by atoms with Crippen molar-refractivity contribution in [2.45, 2.75) is 79.2 Å². The zero-order valence-corrected chi connectivity index (χ0v) is 25.1. The third-order valence-corrected chi connectivity index (χ3v) is 7.94. The van der Waals surface area contributed by atoms with Gasteiger partial charge in [0.05, 0.1) is 28.5 Å². The van der Waals surface area contributed by atoms with Crippen LogP contribution in [0.4, 0.5) is 0 Å². The van der Waals surface area contributed by atoms with Crippen molar-refractivity contribution in [2.75, 3.05) is 6.61 Å². The fourth-order valence-electron chi connectivity index (χ4n) is 4.89. The molecule has 0 saturated carbocycles. The normalized spacial score (nSPS) is 16.2. The van der Waals surface area contributed by atoms with E-state index in [0.29, 0.717) is 26.4 Å². The Morgan fingerprint density at radius 1 is 1.05 bits per heavy atom. The van der Waals surface area contributed by atoms with E-state index >= 15 is 0 Å². The molecule has 1 aromatic heterocycles. The number of benzene rings is 2. The maximum absolute atomic E-state index is 14.0. The second kappa shape index (κ2) is 10.3. The number of fused-ring (bicyclic) bond motifs is 1. The molecule has 4 rings (SSSR count). The molecule has 0 amide bonds. The highest BCUT2D eigenvalue weighted by atomic mass is 32.1. The minimum atomic E-state index is -0.641. The van der Waals surface area contributed by atoms with Crippen LogP contribution in [0.2, 0.25) is 0 Å². The Bertz CT molecular complexity index is 1610. The average molecular weight is 547 g/mol. The van der Waals surface area contributed by atoms with Gasteiger partial charge in [0.15, 0.2) is 4.80 Å². The van der Waals surface area contributed by atoms with E-state index in [1.165, 1.54) is 11.3 Å². The van der Waals surface area contributed by atoms with Crippen molar-refractivity contribution in [3.8, 4) is 5.75 Å². The maximum atomic E-state index is 14.0. The molecule has 6 nitrogen and oxygen atoms in total. The molecule has 0 radical (unpaired) electrons. The molecule has 0 spiro atoms. The summed E-state index contributed by atoms with van der Waals surface area (Å²) in [6, 6.07) is 11.1. The molecule has 2 aromatic carbocycles. The van der Waals surface area contributed by atoms with Gasteiger partial charge in [-0.15, -0.1) is 0 Å². The van der Waals surface area contributed by atoms with Crippen molar-refractivity contribution >= 4 is 23.4 Å². The van der Waals surface area contributed by atoms with Gasteiger partial charge in [-0.3, -0.25) is 9.36 Å². The number of hydrogen-bond acceptors (Lipinski definition) is 6. The van der Waals surface area contributed by atoms with Crippen LogP contribution < -0.4 is 14.9 Å². The summed E-state index contributed by atoms with van der Waals surface area (Å²) in [4.78, 5) is 32.3. The van der Waals surface area contributed by atoms with E-state index in [9.17, 15) is 14.7 Å². The van der Waals surface area contributed by atoms with E-state index in [-0.39, 0.29) is 23.0 Å². The fourth-order valence-corrected chi connectivity index (χ4v) is 5.94. The molecule has 1 atom stereocenters. The molecule has 1 N–H and O–H groups in total. The molecule has 0 bridgehead atoms. The molecule has 3 aromatic rings. The zero-order valence-electron chi connectivity index (χ0n) is 24.3. The highest BCUT2D eigenvalue weighted by molar-refractivity contribution is 7.07. The summed E-state index contributed by atoms with van der Waals surface area (Å²) in [5, 5.41) is 11.1. The van der Waals surface area contributed by atoms with Crippen LogP contribution in [0.5, 0.6) is 5.75 Å². The van der Waals surface area contributed by atoms with Gasteiger partial charge in [-0.1, -0.05) is 82.7 Å². The number of carbonyl (C=O) groups is 1. The molecule has 7 heteroatoms. The van der Waals surface area contributed by atoms with Gasteiger partial charge in [-0.05, 0) is 60.9 Å². The minimum Gasteiger partial charge on any atom is -0.507 e. The third-order valence-electron chi connectivity index (χ3n) is 6.96. The molecule has 0 unspecified atom stereocenters. The quantitative estimate of drug-likeness (QED) is 0.444. The Morgan fingerprint density at radius 2 is 1.62 bits per heavy atom. The number of aromatic nitrogens is 1. The summed E-state index contributed by atoms with van der Waals surface area (Å²) in [6.45, 7) is 18.2. The number of ether oxygens (including phenoxy) is 1. The molecule has 0 aliphatic carbocycles. The number of thiazole rings is 1. The highest BCUT2D eigenvalue weighted by Crippen LogP contribution is 2.40. The minimum absolute atomic E-state index is 0.221. The topological polar surface area (TPSA) is 80.9 Å². The van der Waals surface area contributed by atoms with Crippen LogP contribution in [-0.4, -0.2) is 22.2 Å². The summed E-state index contributed by atoms with van der Waals surface area (Å²) in [7, 11) is 0. The van der Waals surface area contributed by atoms with E-state index in [1.807, 2.05) is 49.4 Å². The Hall–Kier alpha value is -3.45. The van der Waals surface area contributed by atoms with Crippen LogP contribution in [-0.2, 0) is 20.4 Å². The molecule has 0 saturated heterocycles. The number of phenolic OH excluding ortho intramolecular Hbond substituents is 1. The lowest BCUT2D eigenvalue weighted by molar-refractivity contribution is -0.139. The van der Waals surface area contributed by atoms with Crippen LogP contribution in [0.1, 0.15) is 89.2 Å². The van der Waals surface area contributed by atoms with Crippen LogP contribution in [0.3, 0.4) is 0 Å². The Balaban J connectivity index is 1.99. The van der Waals surface area contributed by atoms with Crippen molar-refractivity contribution < 1.29 is 14.6 Å². The number of aryl methyl sites for hydroxylation is 1. The first-order valence-corrected chi connectivity index (χ1v) is 14.1. The molecular formula is C32H38N2O4S. The number of aromatic hydroxyl groups is 1. The van der Waals surface area contributed by atoms with E-state index in [0.717, 1.165) is 27.8 Å². The predicted octanol–water partition coefficient (Wildman–Crippen LogP) is 5.41. The van der Waals surface area contributed by atoms with Crippen molar-refractivity contribution in [1.29, 1.82) is 0 Å². The van der Waals surface area contributed by atoms with Crippen molar-refractivity contribution in [3.63, 3.8) is 0 Å². The van der Waals surface area contributed by atoms with E-state index in [1.54, 1.807) is 18.4 Å². The van der Waals surface area contributed by atoms with E-state index in [4.69, 9.17) is 4.74 Å². The Labute approximate surface area is 234 Å². The molecule has 0 fully saturated rings. The summed E-state index contributed by atoms with van der Waals surface area (Å²) < 4.78 is 7.50. The second-order valence-corrected chi connectivity index (χ2v) is 13.2. The van der Waals surface area contributed by atoms with Gasteiger partial charge >= 0.3 is 5.97 Å². The monoisotopic (exact) mass is 546 g/mol. The Morgan fingerprint density at radius 3 is 2.13 bits per heavy atom. The van der Waals surface area contributed by atoms with Crippen molar-refractivity contribution in [2.24, 2.45) is 4.99 Å². The average Bonchev–Trinajstić information content (AvgIpc) is 3.12. The van der Waals surface area contributed by atoms with Gasteiger partial charge in [0.2, 0.25) is 0 Å². The first-order valence-electron chi connectivity index (χ1n) is 13.3. The van der Waals surface area contributed by atoms with Crippen molar-refractivity contribution in [1.82, 2.24) is 4.57 Å². The van der Waals surface area contributed by atoms with Crippen LogP contribution >= 0.6 is 11.3 Å². The lowest BCUT2D eigenvalue weighted by Crippen LogP contribution is -2.39. The van der Waals surface area contributed by atoms with Crippen LogP contribution in [0.25, 0.3) is 6.08 Å². The first kappa shape index (κ1) is 28.6. The highest BCUT2D eigenvalue weighted by Gasteiger charge is 2.33. The number of rotatable bonds is 4. The summed E-state index contributed by atoms with van der Waals surface area (Å²) >= 11 is 1.30. The Kier molecular flexibility index (Phi) is 7.52. The number of hydrogen-bond donors (Lipinski definition) is 1. The SMILES string of the molecule is CCOC(=O)C1=C(C)N=c2s/c(=C/c3cc(C(C)(C)C)c(O)c(C(C)(C)C)c3)c(=O)n2[C@@H]1c1ccc(C)cc1. The number of esters is 1. The second-order valence-electron chi connectivity index (χ2n) is 12.2. The number of nitrogens with zero attached hydrogens (tertiary/aromatic N) is 2. The first-order chi connectivity index (χ1) is 18.1. The van der Waals surface area contributed by atoms with E-state index in [2.05, 4.69) is 46.5 Å². The molecule has 2 heterocycles. The number of allylic oxidation sites excluding steroid dienone is 1. The largest absolute Gasteiger partial charge is 0.507 e. The molecule has 1 aliphatic heterocycles. The summed E-state index contributed by atoms with van der Waals surface area (Å²) in [6.07, 6.45) is 1.86. The fraction of sp³-hybridized carbons (Fsp3) is 0.406. The van der Waals surface area contributed by atoms with Gasteiger partial charge in [0.25, 0.3) is 5.56 Å². The van der Waals surface area contributed by atoms with Gasteiger partial charge in [-0.2, -0.15) is 0 Å². The standard InChI is InChI=1S/C32H38N2O4S/c1-10-38-29(37)25-19(3)33-30-34(26(25)21-13-11-18(2)12-14-21)28(36)24(39-30)17-20-15-22(31(4,5)6)27(35)23(16-20)32(7,8)9/h11-17,26,35H,10H2,1-9H3/b24-17+/t26-/m1/s1. The maximum Gasteiger partial charge on any atom is 0.338 e. The van der Waals surface area contributed by atoms with E-state index < -0.39 is 12.0 Å². The van der Waals surface area contributed by atoms with Gasteiger partial charge < -0.3 is 9.84 Å². The summed E-state index contributed by atoms with van der Waals surface area (Å²) in [5.74, 6) is -0.176. The van der Waals surface area contributed by atoms with Crippen LogP contribution in [0, 0.1) is 6.92 Å². The zero-order chi connectivity index (χ0) is 28.9. The molecular weight excluding hydrogens is 508 g/mol. The third kappa shape index (κ3) is 5.50. The molecule has 39 heavy (non-hydrogen) atoms.